The third kappa shape index (κ3) is 3.53. The Morgan fingerprint density at radius 3 is 2.35 bits per heavy atom. The minimum absolute atomic E-state index is 0.612. The number of aliphatic hydroxyl groups is 1. The van der Waals surface area contributed by atoms with E-state index in [9.17, 15) is 5.11 Å². The summed E-state index contributed by atoms with van der Waals surface area (Å²) in [5.74, 6) is 2.03. The highest BCUT2D eigenvalue weighted by atomic mass is 79.9. The first-order valence-electron chi connectivity index (χ1n) is 6.00. The number of aliphatic hydroxyl groups excluding tert-OH is 1. The fourth-order valence-corrected chi connectivity index (χ4v) is 2.57. The lowest BCUT2D eigenvalue weighted by molar-refractivity contribution is 0.195. The van der Waals surface area contributed by atoms with Crippen LogP contribution in [0.15, 0.2) is 45.3 Å². The van der Waals surface area contributed by atoms with E-state index in [1.54, 1.807) is 14.0 Å². The third-order valence-corrected chi connectivity index (χ3v) is 3.89. The van der Waals surface area contributed by atoms with E-state index in [2.05, 4.69) is 31.9 Å². The van der Waals surface area contributed by atoms with Crippen LogP contribution < -0.4 is 9.47 Å². The molecule has 106 valence electrons. The van der Waals surface area contributed by atoms with Crippen molar-refractivity contribution in [1.29, 1.82) is 0 Å². The van der Waals surface area contributed by atoms with Gasteiger partial charge >= 0.3 is 0 Å². The molecule has 5 heteroatoms. The zero-order chi connectivity index (χ0) is 14.7. The molecule has 0 aromatic heterocycles. The topological polar surface area (TPSA) is 38.7 Å². The fourth-order valence-electron chi connectivity index (χ4n) is 1.75. The number of benzene rings is 2. The number of hydrogen-bond acceptors (Lipinski definition) is 3. The molecule has 0 aliphatic carbocycles. The van der Waals surface area contributed by atoms with Gasteiger partial charge in [-0.1, -0.05) is 15.9 Å². The Hall–Kier alpha value is -1.04. The van der Waals surface area contributed by atoms with Gasteiger partial charge in [-0.3, -0.25) is 0 Å². The van der Waals surface area contributed by atoms with Gasteiger partial charge < -0.3 is 14.6 Å². The molecule has 0 heterocycles. The predicted molar refractivity (Wildman–Crippen MR) is 85.5 cm³/mol. The van der Waals surface area contributed by atoms with Gasteiger partial charge in [0.25, 0.3) is 0 Å². The molecule has 0 fully saturated rings. The maximum atomic E-state index is 9.83. The minimum atomic E-state index is -0.612. The average molecular weight is 402 g/mol. The molecule has 3 nitrogen and oxygen atoms in total. The third-order valence-electron chi connectivity index (χ3n) is 2.78. The van der Waals surface area contributed by atoms with Crippen LogP contribution in [0.5, 0.6) is 17.2 Å². The van der Waals surface area contributed by atoms with Crippen molar-refractivity contribution in [2.45, 2.75) is 13.0 Å². The molecule has 2 aromatic rings. The van der Waals surface area contributed by atoms with Crippen molar-refractivity contribution in [1.82, 2.24) is 0 Å². The molecule has 0 radical (unpaired) electrons. The molecule has 1 unspecified atom stereocenters. The van der Waals surface area contributed by atoms with Crippen molar-refractivity contribution in [3.05, 3.63) is 50.9 Å². The van der Waals surface area contributed by atoms with E-state index in [-0.39, 0.29) is 0 Å². The average Bonchev–Trinajstić information content (AvgIpc) is 2.42. The summed E-state index contributed by atoms with van der Waals surface area (Å²) < 4.78 is 12.7. The van der Waals surface area contributed by atoms with Gasteiger partial charge in [-0.2, -0.15) is 0 Å². The zero-order valence-corrected chi connectivity index (χ0v) is 14.2. The van der Waals surface area contributed by atoms with Crippen molar-refractivity contribution in [2.24, 2.45) is 0 Å². The van der Waals surface area contributed by atoms with E-state index in [0.717, 1.165) is 20.3 Å². The van der Waals surface area contributed by atoms with E-state index in [4.69, 9.17) is 9.47 Å². The van der Waals surface area contributed by atoms with Gasteiger partial charge in [-0.25, -0.2) is 0 Å². The number of hydrogen-bond donors (Lipinski definition) is 1. The summed E-state index contributed by atoms with van der Waals surface area (Å²) >= 11 is 6.84. The van der Waals surface area contributed by atoms with Crippen molar-refractivity contribution < 1.29 is 14.6 Å². The molecule has 0 amide bonds. The Kier molecular flexibility index (Phi) is 5.07. The van der Waals surface area contributed by atoms with E-state index in [0.29, 0.717) is 11.5 Å². The van der Waals surface area contributed by atoms with Crippen LogP contribution in [0.3, 0.4) is 0 Å². The molecular weight excluding hydrogens is 388 g/mol. The van der Waals surface area contributed by atoms with Gasteiger partial charge in [0.15, 0.2) is 0 Å². The van der Waals surface area contributed by atoms with Gasteiger partial charge in [0.1, 0.15) is 17.2 Å². The Balaban J connectivity index is 2.35. The van der Waals surface area contributed by atoms with E-state index < -0.39 is 6.10 Å². The highest BCUT2D eigenvalue weighted by Gasteiger charge is 2.12. The molecule has 0 saturated heterocycles. The van der Waals surface area contributed by atoms with E-state index >= 15 is 0 Å². The summed E-state index contributed by atoms with van der Waals surface area (Å²) in [5.41, 5.74) is 0.724. The standard InChI is InChI=1S/C15H14Br2O3/c1-9(18)12-7-10(16)3-5-14(12)20-15-6-4-11(19-2)8-13(15)17/h3-9,18H,1-2H3. The first-order valence-corrected chi connectivity index (χ1v) is 7.58. The SMILES string of the molecule is COc1ccc(Oc2ccc(Br)cc2C(C)O)c(Br)c1. The summed E-state index contributed by atoms with van der Waals surface area (Å²) in [4.78, 5) is 0. The Morgan fingerprint density at radius 2 is 1.75 bits per heavy atom. The highest BCUT2D eigenvalue weighted by molar-refractivity contribution is 9.10. The second kappa shape index (κ2) is 6.61. The largest absolute Gasteiger partial charge is 0.497 e. The monoisotopic (exact) mass is 400 g/mol. The first kappa shape index (κ1) is 15.4. The van der Waals surface area contributed by atoms with Gasteiger partial charge in [0.2, 0.25) is 0 Å². The summed E-state index contributed by atoms with van der Waals surface area (Å²) in [6.45, 7) is 1.71. The zero-order valence-electron chi connectivity index (χ0n) is 11.1. The number of rotatable bonds is 4. The van der Waals surface area contributed by atoms with Gasteiger partial charge in [0.05, 0.1) is 17.7 Å². The van der Waals surface area contributed by atoms with Crippen molar-refractivity contribution in [3.63, 3.8) is 0 Å². The molecular formula is C15H14Br2O3. The van der Waals surface area contributed by atoms with E-state index in [1.165, 1.54) is 0 Å². The Bertz CT molecular complexity index is 612. The summed E-state index contributed by atoms with van der Waals surface area (Å²) in [5, 5.41) is 9.83. The van der Waals surface area contributed by atoms with Crippen LogP contribution in [0.2, 0.25) is 0 Å². The lowest BCUT2D eigenvalue weighted by atomic mass is 10.1. The summed E-state index contributed by atoms with van der Waals surface area (Å²) in [6, 6.07) is 11.0. The van der Waals surface area contributed by atoms with Crippen molar-refractivity contribution in [2.75, 3.05) is 7.11 Å². The Morgan fingerprint density at radius 1 is 1.05 bits per heavy atom. The minimum Gasteiger partial charge on any atom is -0.497 e. The molecule has 0 bridgehead atoms. The normalized spacial score (nSPS) is 12.1. The smallest absolute Gasteiger partial charge is 0.141 e. The van der Waals surface area contributed by atoms with Gasteiger partial charge in [-0.05, 0) is 59.3 Å². The van der Waals surface area contributed by atoms with E-state index in [1.807, 2.05) is 36.4 Å². The van der Waals surface area contributed by atoms with Crippen LogP contribution in [0.25, 0.3) is 0 Å². The Labute approximate surface area is 134 Å². The number of halogens is 2. The van der Waals surface area contributed by atoms with Gasteiger partial charge in [-0.15, -0.1) is 0 Å². The van der Waals surface area contributed by atoms with Gasteiger partial charge in [0, 0.05) is 10.0 Å². The molecule has 0 aliphatic rings. The summed E-state index contributed by atoms with van der Waals surface area (Å²) in [6.07, 6.45) is -0.612. The predicted octanol–water partition coefficient (Wildman–Crippen LogP) is 5.07. The maximum absolute atomic E-state index is 9.83. The molecule has 0 saturated carbocycles. The summed E-state index contributed by atoms with van der Waals surface area (Å²) in [7, 11) is 1.61. The highest BCUT2D eigenvalue weighted by Crippen LogP contribution is 2.36. The molecule has 0 aliphatic heterocycles. The quantitative estimate of drug-likeness (QED) is 0.777. The second-order valence-corrected chi connectivity index (χ2v) is 6.03. The lowest BCUT2D eigenvalue weighted by Crippen LogP contribution is -1.97. The van der Waals surface area contributed by atoms with Crippen LogP contribution in [-0.4, -0.2) is 12.2 Å². The van der Waals surface area contributed by atoms with Crippen LogP contribution in [0.1, 0.15) is 18.6 Å². The first-order chi connectivity index (χ1) is 9.51. The second-order valence-electron chi connectivity index (χ2n) is 4.26. The number of methoxy groups -OCH3 is 1. The fraction of sp³-hybridized carbons (Fsp3) is 0.200. The van der Waals surface area contributed by atoms with Crippen LogP contribution in [-0.2, 0) is 0 Å². The maximum Gasteiger partial charge on any atom is 0.141 e. The molecule has 2 rings (SSSR count). The number of ether oxygens (including phenoxy) is 2. The molecule has 2 aromatic carbocycles. The molecule has 20 heavy (non-hydrogen) atoms. The molecule has 0 spiro atoms. The van der Waals surface area contributed by atoms with Crippen molar-refractivity contribution in [3.8, 4) is 17.2 Å². The van der Waals surface area contributed by atoms with Crippen LogP contribution in [0.4, 0.5) is 0 Å². The molecule has 1 atom stereocenters. The van der Waals surface area contributed by atoms with Crippen LogP contribution >= 0.6 is 31.9 Å². The van der Waals surface area contributed by atoms with Crippen LogP contribution in [0, 0.1) is 0 Å². The molecule has 1 N–H and O–H groups in total. The lowest BCUT2D eigenvalue weighted by Gasteiger charge is -2.15. The van der Waals surface area contributed by atoms with Crippen molar-refractivity contribution >= 4 is 31.9 Å².